The van der Waals surface area contributed by atoms with Crippen LogP contribution in [0.4, 0.5) is 20.1 Å². The number of carbonyl (C=O) groups excluding carboxylic acids is 9. The van der Waals surface area contributed by atoms with Crippen molar-refractivity contribution in [3.05, 3.63) is 59.7 Å². The van der Waals surface area contributed by atoms with Gasteiger partial charge in [-0.3, -0.25) is 28.5 Å². The first-order chi connectivity index (χ1) is 38.4. The lowest BCUT2D eigenvalue weighted by atomic mass is 10.1. The Morgan fingerprint density at radius 2 is 0.916 bits per heavy atom. The number of urea groups is 3. The van der Waals surface area contributed by atoms with Crippen molar-refractivity contribution >= 4 is 92.1 Å². The third-order valence-corrected chi connectivity index (χ3v) is 12.3. The van der Waals surface area contributed by atoms with Crippen molar-refractivity contribution in [2.45, 2.75) is 136 Å². The summed E-state index contributed by atoms with van der Waals surface area (Å²) >= 11 is 4.01. The van der Waals surface area contributed by atoms with Gasteiger partial charge in [0.05, 0.1) is 5.92 Å². The molecule has 0 saturated carbocycles. The normalized spacial score (nSPS) is 11.9. The van der Waals surface area contributed by atoms with E-state index in [1.807, 2.05) is 24.3 Å². The van der Waals surface area contributed by atoms with E-state index in [2.05, 4.69) is 44.5 Å². The van der Waals surface area contributed by atoms with Crippen LogP contribution >= 0.6 is 20.0 Å². The van der Waals surface area contributed by atoms with Crippen LogP contribution in [0, 0.1) is 5.92 Å². The van der Waals surface area contributed by atoms with Gasteiger partial charge >= 0.3 is 66.4 Å². The van der Waals surface area contributed by atoms with Gasteiger partial charge in [-0.15, -0.1) is 0 Å². The van der Waals surface area contributed by atoms with E-state index in [0.29, 0.717) is 63.8 Å². The number of thiol groups is 1. The van der Waals surface area contributed by atoms with Crippen LogP contribution in [0.15, 0.2) is 48.5 Å². The predicted molar refractivity (Wildman–Crippen MR) is 301 cm³/mol. The zero-order chi connectivity index (χ0) is 64.1. The molecule has 470 valence electrons. The molecule has 32 heteroatoms. The highest BCUT2D eigenvalue weighted by Gasteiger charge is 2.29. The van der Waals surface area contributed by atoms with E-state index in [0.717, 1.165) is 29.7 Å². The lowest BCUT2D eigenvalue weighted by molar-refractivity contribution is -0.193. The van der Waals surface area contributed by atoms with Crippen molar-refractivity contribution in [3.63, 3.8) is 0 Å². The predicted octanol–water partition coefficient (Wildman–Crippen LogP) is 3.16. The van der Waals surface area contributed by atoms with Gasteiger partial charge < -0.3 is 78.9 Å². The first-order valence-corrected chi connectivity index (χ1v) is 27.6. The molecule has 0 radical (unpaired) electrons. The maximum absolute atomic E-state index is 11.8. The molecule has 3 unspecified atom stereocenters. The molecule has 17 N–H and O–H groups in total. The van der Waals surface area contributed by atoms with Crippen LogP contribution in [0.25, 0.3) is 0 Å². The minimum absolute atomic E-state index is 0. The van der Waals surface area contributed by atoms with Gasteiger partial charge in [-0.05, 0) is 113 Å². The number of amides is 6. The highest BCUT2D eigenvalue weighted by molar-refractivity contribution is 7.80. The van der Waals surface area contributed by atoms with Gasteiger partial charge in [0.1, 0.15) is 11.8 Å². The van der Waals surface area contributed by atoms with E-state index in [-0.39, 0.29) is 106 Å². The highest BCUT2D eigenvalue weighted by Crippen LogP contribution is 2.44. The maximum atomic E-state index is 11.8. The molecule has 83 heavy (non-hydrogen) atoms. The maximum Gasteiger partial charge on any atom is 0.373 e. The standard InChI is InChI=1S/C14H21N3O3.C14H20N2O4.C10H20NO6P.C9H18N2O3S.3CO2.CH4/c1-10(2-7-13(18)19)17-14(20)16-9-8-11-3-5-12(15)6-4-11;1-10(2-7-13(18)19)16-14(20)15-9-8-11-3-5-12(17)6-4-11;1-2-3-7(9(12)13)6-18(16,17)5-4-8(11)10(14)15;1-7(3-4-8(12)13)11-9(14)10-5-2-6-15;3*2-1-3;/h3-6,10H,2,7-9,15H2,1H3,(H,18,19)(H2,16,17,20);3-6,10,17H,2,7-9H2,1H3,(H,18,19)(H2,15,16,20);7-8H,2-6,11H2,1H3,(H,12,13)(H,14,15)(H,16,17);7,15H,2-6H2,1H3,(H,12,13)(H2,10,11,14);;;;1H4/t2*10-;;7-;;;;/m11.1..../s1. The zero-order valence-corrected chi connectivity index (χ0v) is 47.8. The summed E-state index contributed by atoms with van der Waals surface area (Å²) in [5.41, 5.74) is 13.6. The Morgan fingerprint density at radius 1 is 0.578 bits per heavy atom. The molecular formula is C51H83N8O22PS. The Hall–Kier alpha value is -8.16. The topological polar surface area (TPSA) is 522 Å². The quantitative estimate of drug-likeness (QED) is 0.0231. The number of aliphatic carboxylic acids is 5. The van der Waals surface area contributed by atoms with Crippen LogP contribution in [-0.4, -0.2) is 164 Å². The third-order valence-electron chi connectivity index (χ3n) is 10.0. The number of hydrogen-bond acceptors (Lipinski definition) is 19. The van der Waals surface area contributed by atoms with Crippen LogP contribution in [-0.2, 0) is 70.1 Å². The first kappa shape index (κ1) is 86.1. The summed E-state index contributed by atoms with van der Waals surface area (Å²) in [5, 5.41) is 68.2. The monoisotopic (exact) mass is 1220 g/mol. The van der Waals surface area contributed by atoms with E-state index < -0.39 is 49.2 Å². The number of hydrogen-bond donors (Lipinski definition) is 16. The summed E-state index contributed by atoms with van der Waals surface area (Å²) in [4.78, 5) is 145. The molecule has 2 aromatic carbocycles. The number of benzene rings is 2. The largest absolute Gasteiger partial charge is 0.508 e. The molecule has 0 saturated heterocycles. The number of carbonyl (C=O) groups is 8. The number of carboxylic acid groups (broad SMARTS) is 5. The Labute approximate surface area is 486 Å². The minimum Gasteiger partial charge on any atom is -0.508 e. The number of anilines is 1. The molecule has 0 aliphatic heterocycles. The summed E-state index contributed by atoms with van der Waals surface area (Å²) in [7, 11) is -3.65. The van der Waals surface area contributed by atoms with Crippen molar-refractivity contribution in [1.29, 1.82) is 0 Å². The summed E-state index contributed by atoms with van der Waals surface area (Å²) < 4.78 is 11.8. The number of phenolic OH excluding ortho intramolecular Hbond substituents is 1. The minimum atomic E-state index is -3.65. The molecule has 6 amide bonds. The third kappa shape index (κ3) is 62.9. The zero-order valence-electron chi connectivity index (χ0n) is 46.0. The molecule has 0 bridgehead atoms. The van der Waals surface area contributed by atoms with Crippen molar-refractivity contribution in [2.24, 2.45) is 11.7 Å². The summed E-state index contributed by atoms with van der Waals surface area (Å²) in [6.07, 6.45) is 4.56. The fraction of sp³-hybridized carbons (Fsp3) is 0.549. The molecule has 0 aliphatic carbocycles. The smallest absolute Gasteiger partial charge is 0.373 e. The lowest BCUT2D eigenvalue weighted by Crippen LogP contribution is -2.41. The summed E-state index contributed by atoms with van der Waals surface area (Å²) in [6.45, 7) is 8.69. The Kier molecular flexibility index (Phi) is 57.8. The average molecular weight is 1220 g/mol. The van der Waals surface area contributed by atoms with Gasteiger partial charge in [0.2, 0.25) is 7.37 Å². The fourth-order valence-electron chi connectivity index (χ4n) is 5.87. The van der Waals surface area contributed by atoms with Crippen molar-refractivity contribution < 1.29 is 107 Å². The first-order valence-electron chi connectivity index (χ1n) is 25.0. The van der Waals surface area contributed by atoms with Gasteiger partial charge in [-0.25, -0.2) is 14.4 Å². The molecule has 30 nitrogen and oxygen atoms in total. The number of carboxylic acids is 5. The van der Waals surface area contributed by atoms with Crippen molar-refractivity contribution in [1.82, 2.24) is 31.9 Å². The Bertz CT molecular complexity index is 2190. The van der Waals surface area contributed by atoms with Gasteiger partial charge in [-0.1, -0.05) is 45.0 Å². The van der Waals surface area contributed by atoms with Crippen molar-refractivity contribution in [3.8, 4) is 5.75 Å². The number of aromatic hydroxyl groups is 1. The molecule has 0 heterocycles. The van der Waals surface area contributed by atoms with Crippen LogP contribution < -0.4 is 43.4 Å². The molecule has 6 atom stereocenters. The molecule has 0 fully saturated rings. The summed E-state index contributed by atoms with van der Waals surface area (Å²) in [6, 6.07) is 11.8. The highest BCUT2D eigenvalue weighted by atomic mass is 32.1. The van der Waals surface area contributed by atoms with Gasteiger partial charge in [0, 0.05) is 75.0 Å². The number of nitrogen functional groups attached to an aromatic ring is 1. The van der Waals surface area contributed by atoms with Crippen LogP contribution in [0.2, 0.25) is 0 Å². The molecule has 2 rings (SSSR count). The van der Waals surface area contributed by atoms with E-state index >= 15 is 0 Å². The molecule has 0 spiro atoms. The molecule has 0 aromatic heterocycles. The number of rotatable bonds is 30. The average Bonchev–Trinajstić information content (AvgIpc) is 3.38. The van der Waals surface area contributed by atoms with E-state index in [1.54, 1.807) is 52.0 Å². The Balaban J connectivity index is -0.000000227. The second kappa shape index (κ2) is 55.7. The van der Waals surface area contributed by atoms with Crippen molar-refractivity contribution in [2.75, 3.05) is 43.4 Å². The van der Waals surface area contributed by atoms with Crippen LogP contribution in [0.3, 0.4) is 0 Å². The van der Waals surface area contributed by atoms with Crippen LogP contribution in [0.1, 0.15) is 110 Å². The van der Waals surface area contributed by atoms with Gasteiger partial charge in [0.15, 0.2) is 0 Å². The molecular weight excluding hydrogens is 1140 g/mol. The summed E-state index contributed by atoms with van der Waals surface area (Å²) in [5.74, 6) is -4.84. The van der Waals surface area contributed by atoms with Gasteiger partial charge in [0.25, 0.3) is 0 Å². The second-order valence-electron chi connectivity index (χ2n) is 17.2. The lowest BCUT2D eigenvalue weighted by Gasteiger charge is -2.17. The molecule has 2 aromatic rings. The number of nitrogens with one attached hydrogen (secondary N) is 6. The number of nitrogens with two attached hydrogens (primary N) is 2. The van der Waals surface area contributed by atoms with Gasteiger partial charge in [-0.2, -0.15) is 41.4 Å². The van der Waals surface area contributed by atoms with E-state index in [9.17, 15) is 47.8 Å². The molecule has 0 aliphatic rings. The SMILES string of the molecule is C.CCCC(CP(=O)(O)CCC(N)C(=O)O)C(=O)O.C[C@H](CCC(=O)O)NC(=O)NCCCS.C[C@H](CCC(=O)O)NC(=O)NCCc1ccc(N)cc1.C[C@H](CCC(=O)O)NC(=O)NCCc1ccc(O)cc1.O=C=O.O=C=O.O=C=O. The van der Waals surface area contributed by atoms with E-state index in [1.165, 1.54) is 0 Å². The Morgan fingerprint density at radius 3 is 1.22 bits per heavy atom. The fourth-order valence-corrected chi connectivity index (χ4v) is 7.92. The van der Waals surface area contributed by atoms with Crippen LogP contribution in [0.5, 0.6) is 5.75 Å². The van der Waals surface area contributed by atoms with E-state index in [4.69, 9.17) is 70.9 Å². The number of phenols is 1. The second-order valence-corrected chi connectivity index (χ2v) is 20.2.